The fourth-order valence-corrected chi connectivity index (χ4v) is 6.11. The molecule has 0 aliphatic carbocycles. The van der Waals surface area contributed by atoms with Gasteiger partial charge in [-0.15, -0.1) is 64.1 Å². The number of nitrogens with two attached hydrogens (primary N) is 2. The van der Waals surface area contributed by atoms with E-state index >= 15 is 0 Å². The molecule has 30 heteroatoms. The van der Waals surface area contributed by atoms with E-state index in [-0.39, 0.29) is 241 Å². The molecule has 60 heavy (non-hydrogen) atoms. The minimum absolute atomic E-state index is 0. The fourth-order valence-electron chi connectivity index (χ4n) is 3.95. The molecule has 0 aliphatic rings. The maximum Gasteiger partial charge on any atom is 1.00 e. The van der Waals surface area contributed by atoms with Crippen molar-refractivity contribution in [2.75, 3.05) is 24.0 Å². The molecular formula is C30H22K4N14O8S4. The summed E-state index contributed by atoms with van der Waals surface area (Å²) in [6, 6.07) is 14.0. The Morgan fingerprint density at radius 2 is 0.983 bits per heavy atom. The van der Waals surface area contributed by atoms with E-state index in [9.17, 15) is 19.8 Å². The molecule has 0 amide bonds. The molecule has 0 aliphatic heterocycles. The molecule has 0 spiro atoms. The van der Waals surface area contributed by atoms with E-state index in [0.717, 1.165) is 8.68 Å². The van der Waals surface area contributed by atoms with Gasteiger partial charge in [-0.3, -0.25) is 9.36 Å². The number of aromatic carboxylic acids is 2. The van der Waals surface area contributed by atoms with Crippen LogP contribution in [0.1, 0.15) is 32.1 Å². The zero-order valence-electron chi connectivity index (χ0n) is 32.9. The van der Waals surface area contributed by atoms with E-state index in [4.69, 9.17) is 30.6 Å². The van der Waals surface area contributed by atoms with Gasteiger partial charge >= 0.3 is 218 Å². The Kier molecular flexibility index (Phi) is 33.4. The van der Waals surface area contributed by atoms with Gasteiger partial charge in [0.1, 0.15) is 23.0 Å². The van der Waals surface area contributed by atoms with Crippen molar-refractivity contribution in [2.24, 2.45) is 20.5 Å². The van der Waals surface area contributed by atoms with Crippen LogP contribution in [0.5, 0.6) is 0 Å². The van der Waals surface area contributed by atoms with Crippen LogP contribution in [0.2, 0.25) is 0 Å². The Labute approximate surface area is 526 Å². The summed E-state index contributed by atoms with van der Waals surface area (Å²) in [4.78, 5) is 54.5. The number of hydrogen-bond donors (Lipinski definition) is 2. The average molecular weight is 991 g/mol. The number of nitrogens with zero attached hydrogens (tertiary/aromatic N) is 12. The first kappa shape index (κ1) is 61.8. The predicted octanol–water partition coefficient (Wildman–Crippen LogP) is -9.32. The van der Waals surface area contributed by atoms with Gasteiger partial charge in [0, 0.05) is 11.9 Å². The Hall–Kier alpha value is -0.275. The van der Waals surface area contributed by atoms with E-state index in [0.29, 0.717) is 44.4 Å². The molecule has 0 fully saturated rings. The Bertz CT molecular complexity index is 2300. The van der Waals surface area contributed by atoms with E-state index in [2.05, 4.69) is 63.2 Å². The smallest absolute Gasteiger partial charge is 0.559 e. The summed E-state index contributed by atoms with van der Waals surface area (Å²) >= 11 is 5.55. The zero-order chi connectivity index (χ0) is 41.4. The molecule has 4 aromatic heterocycles. The summed E-state index contributed by atoms with van der Waals surface area (Å²) < 4.78 is 4.31. The number of aryl methyl sites for hydroxylation is 2. The van der Waals surface area contributed by atoms with Crippen molar-refractivity contribution in [3.63, 3.8) is 0 Å². The first-order valence-electron chi connectivity index (χ1n) is 14.5. The van der Waals surface area contributed by atoms with Gasteiger partial charge in [-0.25, -0.2) is 0 Å². The maximum absolute atomic E-state index is 11.0. The summed E-state index contributed by atoms with van der Waals surface area (Å²) in [7, 11) is 0. The van der Waals surface area contributed by atoms with Gasteiger partial charge in [0.25, 0.3) is 10.3 Å². The number of carbonyl (C=O) groups is 2. The van der Waals surface area contributed by atoms with Crippen LogP contribution in [0.25, 0.3) is 11.4 Å². The molecule has 0 saturated heterocycles. The quantitative estimate of drug-likeness (QED) is 0.0557. The number of carboxylic acids is 2. The van der Waals surface area contributed by atoms with Crippen LogP contribution >= 0.6 is 46.2 Å². The average Bonchev–Trinajstić information content (AvgIpc) is 3.97. The molecule has 0 saturated carbocycles. The molecule has 0 radical (unpaired) electrons. The van der Waals surface area contributed by atoms with Crippen LogP contribution in [0, 0.1) is 26.0 Å². The fraction of sp³-hybridized carbons (Fsp3) is 0.133. The van der Waals surface area contributed by atoms with Gasteiger partial charge in [-0.2, -0.15) is 65.8 Å². The molecule has 288 valence electrons. The van der Waals surface area contributed by atoms with Gasteiger partial charge in [0.2, 0.25) is 0 Å². The number of azo groups is 2. The zero-order valence-corrected chi connectivity index (χ0v) is 48.6. The third kappa shape index (κ3) is 18.7. The first-order chi connectivity index (χ1) is 26.8. The number of anilines is 2. The molecular weight excluding hydrogens is 969 g/mol. The first-order valence-corrected chi connectivity index (χ1v) is 18.6. The minimum Gasteiger partial charge on any atom is -0.559 e. The SMILES string of the molecule is CSc1nnc(N=Nc2c(C)nn(-c3c[c-]cc(C(=O)[O-])c3)c2N)s1.CSc1nnc(N=Nc2c(C)nn(-c3c[c-]cc(C(=O)[O-])c3)c2N)s1.O=C=O.O=C=O.[K+].[K+].[K+].[K+]. The van der Waals surface area contributed by atoms with E-state index in [1.807, 2.05) is 12.5 Å². The second-order valence-corrected chi connectivity index (χ2v) is 13.7. The molecule has 4 heterocycles. The summed E-state index contributed by atoms with van der Waals surface area (Å²) in [6.07, 6.45) is 4.29. The van der Waals surface area contributed by atoms with Crippen molar-refractivity contribution in [2.45, 2.75) is 22.5 Å². The molecule has 2 aromatic carbocycles. The largest absolute Gasteiger partial charge is 1.00 e. The second-order valence-electron chi connectivity index (χ2n) is 9.67. The Morgan fingerprint density at radius 1 is 0.650 bits per heavy atom. The summed E-state index contributed by atoms with van der Waals surface area (Å²) in [5.41, 5.74) is 14.8. The third-order valence-corrected chi connectivity index (χ3v) is 9.81. The predicted molar refractivity (Wildman–Crippen MR) is 194 cm³/mol. The number of thioether (sulfide) groups is 2. The van der Waals surface area contributed by atoms with Gasteiger partial charge in [0.05, 0.1) is 11.4 Å². The van der Waals surface area contributed by atoms with Gasteiger partial charge in [-0.05, 0) is 37.7 Å². The van der Waals surface area contributed by atoms with Crippen molar-refractivity contribution >= 4 is 104 Å². The van der Waals surface area contributed by atoms with Crippen molar-refractivity contribution in [3.05, 3.63) is 71.0 Å². The summed E-state index contributed by atoms with van der Waals surface area (Å²) in [6.45, 7) is 3.45. The number of carboxylic acid groups (broad SMARTS) is 2. The molecule has 6 aromatic rings. The van der Waals surface area contributed by atoms with Crippen molar-refractivity contribution < 1.29 is 245 Å². The van der Waals surface area contributed by atoms with Crippen molar-refractivity contribution in [1.29, 1.82) is 0 Å². The number of rotatable bonds is 10. The molecule has 0 unspecified atom stereocenters. The van der Waals surface area contributed by atoms with Crippen LogP contribution in [-0.2, 0) is 19.2 Å². The standard InChI is InChI=1S/2C14H12N7O2S2.2CO2.4K/c2*1-7-10(16-17-13-18-19-14(24-2)25-13)11(15)21(20-7)9-5-3-4-8(6-9)12(22)23;2*2-1-3;;;;/h2*4-6H,15H2,1-2H3,(H,22,23);;;;;;/q2*-1;;;4*+1/p-2. The van der Waals surface area contributed by atoms with Crippen LogP contribution in [0.15, 0.2) is 65.5 Å². The van der Waals surface area contributed by atoms with Crippen LogP contribution in [-0.4, -0.2) is 76.7 Å². The van der Waals surface area contributed by atoms with E-state index in [1.165, 1.54) is 79.8 Å². The van der Waals surface area contributed by atoms with Gasteiger partial charge < -0.3 is 31.3 Å². The molecule has 6 rings (SSSR count). The van der Waals surface area contributed by atoms with E-state index in [1.54, 1.807) is 26.0 Å². The summed E-state index contributed by atoms with van der Waals surface area (Å²) in [5, 5.41) is 63.3. The summed E-state index contributed by atoms with van der Waals surface area (Å²) in [5.74, 6) is -2.16. The Morgan fingerprint density at radius 3 is 1.27 bits per heavy atom. The van der Waals surface area contributed by atoms with Crippen molar-refractivity contribution in [3.8, 4) is 11.4 Å². The number of hydrogen-bond acceptors (Lipinski definition) is 24. The molecule has 0 atom stereocenters. The third-order valence-electron chi connectivity index (χ3n) is 6.25. The topological polar surface area (TPSA) is 337 Å². The normalized spacial score (nSPS) is 9.67. The van der Waals surface area contributed by atoms with Crippen LogP contribution in [0.3, 0.4) is 0 Å². The maximum atomic E-state index is 11.0. The number of carbonyl (C=O) groups excluding carboxylic acids is 6. The Balaban J connectivity index is 0. The van der Waals surface area contributed by atoms with Crippen LogP contribution < -0.4 is 227 Å². The second kappa shape index (κ2) is 32.4. The van der Waals surface area contributed by atoms with Crippen molar-refractivity contribution in [1.82, 2.24) is 40.0 Å². The molecule has 4 N–H and O–H groups in total. The van der Waals surface area contributed by atoms with E-state index < -0.39 is 11.9 Å². The van der Waals surface area contributed by atoms with Gasteiger partial charge in [0.15, 0.2) is 8.68 Å². The molecule has 0 bridgehead atoms. The number of aromatic nitrogens is 8. The minimum atomic E-state index is -1.30. The molecule has 22 nitrogen and oxygen atoms in total. The van der Waals surface area contributed by atoms with Gasteiger partial charge in [-0.1, -0.05) is 46.2 Å². The number of nitrogen functional groups attached to an aromatic ring is 2. The monoisotopic (exact) mass is 990 g/mol. The number of benzene rings is 2. The van der Waals surface area contributed by atoms with Crippen LogP contribution in [0.4, 0.5) is 33.3 Å².